The monoisotopic (exact) mass is 334 g/mol. The van der Waals surface area contributed by atoms with E-state index in [4.69, 9.17) is 9.15 Å². The molecule has 1 saturated heterocycles. The van der Waals surface area contributed by atoms with Gasteiger partial charge in [0.15, 0.2) is 0 Å². The minimum Gasteiger partial charge on any atom is -0.457 e. The molecular formula is C21H22N2O2. The topological polar surface area (TPSA) is 47.3 Å². The fourth-order valence-electron chi connectivity index (χ4n) is 3.28. The average molecular weight is 334 g/mol. The fraction of sp³-hybridized carbons (Fsp3) is 0.286. The molecule has 0 spiro atoms. The first-order valence-electron chi connectivity index (χ1n) is 8.84. The van der Waals surface area contributed by atoms with Crippen LogP contribution in [-0.2, 0) is 6.42 Å². The smallest absolute Gasteiger partial charge is 0.225 e. The lowest BCUT2D eigenvalue weighted by atomic mass is 9.91. The minimum absolute atomic E-state index is 0.619. The Kier molecular flexibility index (Phi) is 4.79. The second-order valence-electron chi connectivity index (χ2n) is 6.51. The Bertz CT molecular complexity index is 774. The summed E-state index contributed by atoms with van der Waals surface area (Å²) in [5, 5.41) is 3.42. The number of hydrogen-bond donors (Lipinski definition) is 1. The van der Waals surface area contributed by atoms with E-state index in [9.17, 15) is 0 Å². The summed E-state index contributed by atoms with van der Waals surface area (Å²) in [5.74, 6) is 3.09. The standard InChI is InChI=1S/C21H22N2O2/c1-5-19(6-2-16(1)15-17-9-11-22-12-10-17)25-20-7-3-18(4-8-20)21-23-13-14-24-21/h1-8,13-14,17,22H,9-12,15H2. The normalized spacial score (nSPS) is 15.2. The van der Waals surface area contributed by atoms with Gasteiger partial charge < -0.3 is 14.5 Å². The van der Waals surface area contributed by atoms with Crippen molar-refractivity contribution in [2.45, 2.75) is 19.3 Å². The number of oxazole rings is 1. The number of hydrogen-bond acceptors (Lipinski definition) is 4. The highest BCUT2D eigenvalue weighted by Gasteiger charge is 2.13. The van der Waals surface area contributed by atoms with Crippen LogP contribution in [0.5, 0.6) is 11.5 Å². The Labute approximate surface area is 147 Å². The molecule has 1 aromatic heterocycles. The molecule has 1 aliphatic rings. The predicted molar refractivity (Wildman–Crippen MR) is 97.8 cm³/mol. The maximum Gasteiger partial charge on any atom is 0.225 e. The van der Waals surface area contributed by atoms with Crippen LogP contribution in [0.2, 0.25) is 0 Å². The van der Waals surface area contributed by atoms with Crippen LogP contribution in [0.4, 0.5) is 0 Å². The summed E-state index contributed by atoms with van der Waals surface area (Å²) in [4.78, 5) is 4.15. The number of piperidine rings is 1. The summed E-state index contributed by atoms with van der Waals surface area (Å²) in [7, 11) is 0. The first-order chi connectivity index (χ1) is 12.4. The van der Waals surface area contributed by atoms with Crippen molar-refractivity contribution in [3.63, 3.8) is 0 Å². The van der Waals surface area contributed by atoms with Crippen molar-refractivity contribution in [2.75, 3.05) is 13.1 Å². The molecule has 25 heavy (non-hydrogen) atoms. The van der Waals surface area contributed by atoms with E-state index in [1.807, 2.05) is 24.3 Å². The van der Waals surface area contributed by atoms with E-state index >= 15 is 0 Å². The molecule has 1 fully saturated rings. The van der Waals surface area contributed by atoms with Crippen molar-refractivity contribution in [2.24, 2.45) is 5.92 Å². The molecule has 0 unspecified atom stereocenters. The molecule has 4 rings (SSSR count). The molecule has 0 atom stereocenters. The quantitative estimate of drug-likeness (QED) is 0.736. The number of rotatable bonds is 5. The minimum atomic E-state index is 0.619. The number of aromatic nitrogens is 1. The van der Waals surface area contributed by atoms with Crippen LogP contribution in [0.1, 0.15) is 18.4 Å². The molecule has 0 saturated carbocycles. The highest BCUT2D eigenvalue weighted by molar-refractivity contribution is 5.54. The van der Waals surface area contributed by atoms with Gasteiger partial charge in [-0.2, -0.15) is 0 Å². The van der Waals surface area contributed by atoms with Gasteiger partial charge in [-0.1, -0.05) is 12.1 Å². The van der Waals surface area contributed by atoms with Crippen molar-refractivity contribution in [3.8, 4) is 23.0 Å². The summed E-state index contributed by atoms with van der Waals surface area (Å²) in [5.41, 5.74) is 2.33. The van der Waals surface area contributed by atoms with Gasteiger partial charge >= 0.3 is 0 Å². The van der Waals surface area contributed by atoms with Gasteiger partial charge in [-0.3, -0.25) is 0 Å². The van der Waals surface area contributed by atoms with Gasteiger partial charge in [0.2, 0.25) is 5.89 Å². The Hall–Kier alpha value is -2.59. The van der Waals surface area contributed by atoms with Crippen molar-refractivity contribution in [1.82, 2.24) is 10.3 Å². The third-order valence-corrected chi connectivity index (χ3v) is 4.68. The van der Waals surface area contributed by atoms with Crippen LogP contribution in [0.25, 0.3) is 11.5 Å². The van der Waals surface area contributed by atoms with Gasteiger partial charge in [-0.15, -0.1) is 0 Å². The lowest BCUT2D eigenvalue weighted by molar-refractivity contribution is 0.372. The average Bonchev–Trinajstić information content (AvgIpc) is 3.20. The largest absolute Gasteiger partial charge is 0.457 e. The summed E-state index contributed by atoms with van der Waals surface area (Å²) in [6.45, 7) is 2.30. The van der Waals surface area contributed by atoms with Crippen LogP contribution in [0.3, 0.4) is 0 Å². The van der Waals surface area contributed by atoms with Gasteiger partial charge in [0.1, 0.15) is 17.8 Å². The van der Waals surface area contributed by atoms with Gasteiger partial charge in [0.25, 0.3) is 0 Å². The van der Waals surface area contributed by atoms with E-state index in [0.717, 1.165) is 42.5 Å². The predicted octanol–water partition coefficient (Wildman–Crippen LogP) is 4.68. The van der Waals surface area contributed by atoms with Crippen molar-refractivity contribution in [1.29, 1.82) is 0 Å². The molecule has 2 aromatic carbocycles. The maximum absolute atomic E-state index is 5.93. The lowest BCUT2D eigenvalue weighted by Gasteiger charge is -2.22. The molecule has 0 aliphatic carbocycles. The van der Waals surface area contributed by atoms with Crippen molar-refractivity contribution in [3.05, 3.63) is 66.6 Å². The molecule has 4 heteroatoms. The Balaban J connectivity index is 1.37. The molecule has 128 valence electrons. The third kappa shape index (κ3) is 4.09. The molecule has 1 N–H and O–H groups in total. The number of benzene rings is 2. The summed E-state index contributed by atoms with van der Waals surface area (Å²) >= 11 is 0. The number of ether oxygens (including phenoxy) is 1. The van der Waals surface area contributed by atoms with Crippen LogP contribution < -0.4 is 10.1 Å². The van der Waals surface area contributed by atoms with Crippen LogP contribution in [-0.4, -0.2) is 18.1 Å². The van der Waals surface area contributed by atoms with Gasteiger partial charge in [-0.25, -0.2) is 4.98 Å². The number of nitrogens with one attached hydrogen (secondary N) is 1. The first kappa shape index (κ1) is 15.9. The Morgan fingerprint density at radius 1 is 0.960 bits per heavy atom. The zero-order chi connectivity index (χ0) is 16.9. The fourth-order valence-corrected chi connectivity index (χ4v) is 3.28. The maximum atomic E-state index is 5.93. The second-order valence-corrected chi connectivity index (χ2v) is 6.51. The van der Waals surface area contributed by atoms with Crippen molar-refractivity contribution >= 4 is 0 Å². The summed E-state index contributed by atoms with van der Waals surface area (Å²) < 4.78 is 11.2. The summed E-state index contributed by atoms with van der Waals surface area (Å²) in [6.07, 6.45) is 6.92. The highest BCUT2D eigenvalue weighted by atomic mass is 16.5. The second kappa shape index (κ2) is 7.53. The first-order valence-corrected chi connectivity index (χ1v) is 8.84. The lowest BCUT2D eigenvalue weighted by Crippen LogP contribution is -2.28. The van der Waals surface area contributed by atoms with Crippen LogP contribution in [0.15, 0.2) is 65.4 Å². The molecule has 0 bridgehead atoms. The zero-order valence-electron chi connectivity index (χ0n) is 14.2. The Morgan fingerprint density at radius 2 is 1.64 bits per heavy atom. The van der Waals surface area contributed by atoms with E-state index in [1.54, 1.807) is 12.5 Å². The van der Waals surface area contributed by atoms with Gasteiger partial charge in [0, 0.05) is 5.56 Å². The van der Waals surface area contributed by atoms with E-state index in [2.05, 4.69) is 34.6 Å². The van der Waals surface area contributed by atoms with Gasteiger partial charge in [0.05, 0.1) is 6.20 Å². The molecular weight excluding hydrogens is 312 g/mol. The molecule has 0 radical (unpaired) electrons. The molecule has 0 amide bonds. The van der Waals surface area contributed by atoms with Crippen LogP contribution >= 0.6 is 0 Å². The SMILES string of the molecule is c1coc(-c2ccc(Oc3ccc(CC4CCNCC4)cc3)cc2)n1. The summed E-state index contributed by atoms with van der Waals surface area (Å²) in [6, 6.07) is 16.2. The molecule has 2 heterocycles. The number of nitrogens with zero attached hydrogens (tertiary/aromatic N) is 1. The molecule has 1 aliphatic heterocycles. The van der Waals surface area contributed by atoms with E-state index < -0.39 is 0 Å². The molecule has 4 nitrogen and oxygen atoms in total. The third-order valence-electron chi connectivity index (χ3n) is 4.68. The van der Waals surface area contributed by atoms with Gasteiger partial charge in [-0.05, 0) is 80.2 Å². The van der Waals surface area contributed by atoms with Crippen molar-refractivity contribution < 1.29 is 9.15 Å². The zero-order valence-corrected chi connectivity index (χ0v) is 14.2. The van der Waals surface area contributed by atoms with E-state index in [-0.39, 0.29) is 0 Å². The highest BCUT2D eigenvalue weighted by Crippen LogP contribution is 2.26. The van der Waals surface area contributed by atoms with Crippen LogP contribution in [0, 0.1) is 5.92 Å². The van der Waals surface area contributed by atoms with E-state index in [0.29, 0.717) is 5.89 Å². The van der Waals surface area contributed by atoms with E-state index in [1.165, 1.54) is 18.4 Å². The Morgan fingerprint density at radius 3 is 2.28 bits per heavy atom. The molecule has 3 aromatic rings.